The van der Waals surface area contributed by atoms with Crippen molar-refractivity contribution in [3.05, 3.63) is 83.6 Å². The van der Waals surface area contributed by atoms with Crippen LogP contribution in [0, 0.1) is 0 Å². The molecule has 1 aliphatic carbocycles. The Morgan fingerprint density at radius 3 is 2.32 bits per heavy atom. The predicted octanol–water partition coefficient (Wildman–Crippen LogP) is 2.77. The third-order valence-electron chi connectivity index (χ3n) is 4.20. The van der Waals surface area contributed by atoms with E-state index in [4.69, 9.17) is 17.2 Å². The molecular weight excluding hydrogens is 270 g/mol. The first-order chi connectivity index (χ1) is 10.6. The van der Waals surface area contributed by atoms with Crippen molar-refractivity contribution in [3.8, 4) is 11.1 Å². The Morgan fingerprint density at radius 2 is 1.64 bits per heavy atom. The lowest BCUT2D eigenvalue weighted by Crippen LogP contribution is -2.36. The van der Waals surface area contributed by atoms with Gasteiger partial charge in [0.25, 0.3) is 0 Å². The average Bonchev–Trinajstić information content (AvgIpc) is 2.58. The SMILES string of the molecule is NCc1ccccc1-c1ccccc1C1(N)C=CC(N)=CC1. The van der Waals surface area contributed by atoms with Crippen LogP contribution in [-0.2, 0) is 12.1 Å². The fourth-order valence-corrected chi connectivity index (χ4v) is 2.95. The lowest BCUT2D eigenvalue weighted by molar-refractivity contribution is 0.563. The van der Waals surface area contributed by atoms with E-state index >= 15 is 0 Å². The molecule has 2 aromatic carbocycles. The quantitative estimate of drug-likeness (QED) is 0.813. The van der Waals surface area contributed by atoms with Gasteiger partial charge in [0.2, 0.25) is 0 Å². The summed E-state index contributed by atoms with van der Waals surface area (Å²) in [4.78, 5) is 0. The van der Waals surface area contributed by atoms with Crippen LogP contribution in [0.15, 0.2) is 72.5 Å². The smallest absolute Gasteiger partial charge is 0.0641 e. The molecule has 2 aromatic rings. The van der Waals surface area contributed by atoms with E-state index in [0.717, 1.165) is 28.0 Å². The summed E-state index contributed by atoms with van der Waals surface area (Å²) in [5.41, 5.74) is 23.1. The van der Waals surface area contributed by atoms with Crippen molar-refractivity contribution in [2.45, 2.75) is 18.5 Å². The minimum Gasteiger partial charge on any atom is -0.399 e. The second kappa shape index (κ2) is 5.79. The molecule has 3 rings (SSSR count). The zero-order valence-electron chi connectivity index (χ0n) is 12.5. The van der Waals surface area contributed by atoms with E-state index in [9.17, 15) is 0 Å². The van der Waals surface area contributed by atoms with E-state index in [1.165, 1.54) is 0 Å². The fourth-order valence-electron chi connectivity index (χ4n) is 2.95. The largest absolute Gasteiger partial charge is 0.399 e. The molecule has 0 aromatic heterocycles. The summed E-state index contributed by atoms with van der Waals surface area (Å²) < 4.78 is 0. The van der Waals surface area contributed by atoms with Crippen LogP contribution in [0.1, 0.15) is 17.5 Å². The van der Waals surface area contributed by atoms with E-state index in [2.05, 4.69) is 24.3 Å². The zero-order chi connectivity index (χ0) is 15.6. The molecule has 1 aliphatic rings. The molecule has 0 bridgehead atoms. The standard InChI is InChI=1S/C19H21N3/c20-13-14-5-1-2-6-16(14)17-7-3-4-8-18(17)19(22)11-9-15(21)10-12-19/h1-11H,12-13,20-22H2. The van der Waals surface area contributed by atoms with Crippen LogP contribution < -0.4 is 17.2 Å². The number of benzene rings is 2. The van der Waals surface area contributed by atoms with Gasteiger partial charge in [-0.1, -0.05) is 60.7 Å². The number of hydrogen-bond donors (Lipinski definition) is 3. The van der Waals surface area contributed by atoms with Gasteiger partial charge >= 0.3 is 0 Å². The maximum atomic E-state index is 6.65. The molecule has 3 heteroatoms. The molecule has 0 spiro atoms. The van der Waals surface area contributed by atoms with Crippen LogP contribution in [0.2, 0.25) is 0 Å². The first-order valence-corrected chi connectivity index (χ1v) is 7.46. The van der Waals surface area contributed by atoms with E-state index in [1.807, 2.05) is 42.5 Å². The molecule has 1 atom stereocenters. The molecule has 0 radical (unpaired) electrons. The highest BCUT2D eigenvalue weighted by atomic mass is 14.7. The zero-order valence-corrected chi connectivity index (χ0v) is 12.5. The van der Waals surface area contributed by atoms with Crippen molar-refractivity contribution in [1.82, 2.24) is 0 Å². The normalized spacial score (nSPS) is 20.7. The van der Waals surface area contributed by atoms with E-state index in [0.29, 0.717) is 13.0 Å². The minimum atomic E-state index is -0.541. The molecule has 0 amide bonds. The van der Waals surface area contributed by atoms with Crippen LogP contribution in [-0.4, -0.2) is 0 Å². The summed E-state index contributed by atoms with van der Waals surface area (Å²) in [7, 11) is 0. The minimum absolute atomic E-state index is 0.505. The highest BCUT2D eigenvalue weighted by Gasteiger charge is 2.28. The number of hydrogen-bond acceptors (Lipinski definition) is 3. The molecule has 0 aliphatic heterocycles. The first-order valence-electron chi connectivity index (χ1n) is 7.46. The highest BCUT2D eigenvalue weighted by molar-refractivity contribution is 5.72. The summed E-state index contributed by atoms with van der Waals surface area (Å²) in [6.07, 6.45) is 6.55. The second-order valence-corrected chi connectivity index (χ2v) is 5.69. The Morgan fingerprint density at radius 1 is 0.955 bits per heavy atom. The number of rotatable bonds is 3. The molecule has 1 unspecified atom stereocenters. The summed E-state index contributed by atoms with van der Waals surface area (Å²) in [6.45, 7) is 0.505. The van der Waals surface area contributed by atoms with Gasteiger partial charge < -0.3 is 17.2 Å². The lowest BCUT2D eigenvalue weighted by atomic mass is 9.79. The molecule has 0 heterocycles. The van der Waals surface area contributed by atoms with Crippen LogP contribution in [0.25, 0.3) is 11.1 Å². The Bertz CT molecular complexity index is 746. The van der Waals surface area contributed by atoms with Crippen LogP contribution in [0.5, 0.6) is 0 Å². The van der Waals surface area contributed by atoms with Gasteiger partial charge in [0.15, 0.2) is 0 Å². The first kappa shape index (κ1) is 14.6. The van der Waals surface area contributed by atoms with Gasteiger partial charge in [-0.05, 0) is 34.8 Å². The number of nitrogens with two attached hydrogens (primary N) is 3. The Hall–Kier alpha value is -2.36. The van der Waals surface area contributed by atoms with Crippen molar-refractivity contribution in [2.24, 2.45) is 17.2 Å². The van der Waals surface area contributed by atoms with Gasteiger partial charge in [0, 0.05) is 12.2 Å². The molecule has 6 N–H and O–H groups in total. The maximum Gasteiger partial charge on any atom is 0.0641 e. The summed E-state index contributed by atoms with van der Waals surface area (Å²) >= 11 is 0. The van der Waals surface area contributed by atoms with Crippen molar-refractivity contribution in [1.29, 1.82) is 0 Å². The molecule has 22 heavy (non-hydrogen) atoms. The fraction of sp³-hybridized carbons (Fsp3) is 0.158. The summed E-state index contributed by atoms with van der Waals surface area (Å²) in [5.74, 6) is 0. The molecule has 112 valence electrons. The van der Waals surface area contributed by atoms with Crippen LogP contribution >= 0.6 is 0 Å². The van der Waals surface area contributed by atoms with Crippen molar-refractivity contribution in [3.63, 3.8) is 0 Å². The monoisotopic (exact) mass is 291 g/mol. The lowest BCUT2D eigenvalue weighted by Gasteiger charge is -2.30. The van der Waals surface area contributed by atoms with Crippen LogP contribution in [0.3, 0.4) is 0 Å². The Kier molecular flexibility index (Phi) is 3.84. The predicted molar refractivity (Wildman–Crippen MR) is 91.7 cm³/mol. The van der Waals surface area contributed by atoms with Gasteiger partial charge in [-0.2, -0.15) is 0 Å². The summed E-state index contributed by atoms with van der Waals surface area (Å²) in [6, 6.07) is 16.4. The van der Waals surface area contributed by atoms with Gasteiger partial charge in [0.05, 0.1) is 5.54 Å². The maximum absolute atomic E-state index is 6.65. The summed E-state index contributed by atoms with van der Waals surface area (Å²) in [5, 5.41) is 0. The van der Waals surface area contributed by atoms with Gasteiger partial charge in [0.1, 0.15) is 0 Å². The molecular formula is C19H21N3. The third-order valence-corrected chi connectivity index (χ3v) is 4.20. The van der Waals surface area contributed by atoms with Gasteiger partial charge in [-0.15, -0.1) is 0 Å². The molecule has 3 nitrogen and oxygen atoms in total. The van der Waals surface area contributed by atoms with Gasteiger partial charge in [-0.25, -0.2) is 0 Å². The van der Waals surface area contributed by atoms with Crippen molar-refractivity contribution in [2.75, 3.05) is 0 Å². The second-order valence-electron chi connectivity index (χ2n) is 5.69. The highest BCUT2D eigenvalue weighted by Crippen LogP contribution is 2.36. The average molecular weight is 291 g/mol. The van der Waals surface area contributed by atoms with Crippen molar-refractivity contribution >= 4 is 0 Å². The molecule has 0 fully saturated rings. The van der Waals surface area contributed by atoms with E-state index < -0.39 is 5.54 Å². The van der Waals surface area contributed by atoms with E-state index in [1.54, 1.807) is 0 Å². The topological polar surface area (TPSA) is 78.1 Å². The molecule has 0 saturated carbocycles. The van der Waals surface area contributed by atoms with Gasteiger partial charge in [-0.3, -0.25) is 0 Å². The van der Waals surface area contributed by atoms with E-state index in [-0.39, 0.29) is 0 Å². The third kappa shape index (κ3) is 2.56. The Balaban J connectivity index is 2.14. The molecule has 0 saturated heterocycles. The van der Waals surface area contributed by atoms with Crippen LogP contribution in [0.4, 0.5) is 0 Å². The van der Waals surface area contributed by atoms with Crippen molar-refractivity contribution < 1.29 is 0 Å². The number of allylic oxidation sites excluding steroid dienone is 1. The Labute approximate surface area is 131 Å².